The Bertz CT molecular complexity index is 1080. The maximum Gasteiger partial charge on any atom is 0.412 e. The first kappa shape index (κ1) is 19.2. The molecule has 0 spiro atoms. The number of anilines is 2. The third-order valence-electron chi connectivity index (χ3n) is 3.87. The van der Waals surface area contributed by atoms with Crippen LogP contribution in [-0.4, -0.2) is 27.9 Å². The maximum atomic E-state index is 11.7. The van der Waals surface area contributed by atoms with Crippen molar-refractivity contribution in [3.63, 3.8) is 0 Å². The highest BCUT2D eigenvalue weighted by atomic mass is 16.5. The topological polar surface area (TPSA) is 106 Å². The molecule has 4 N–H and O–H groups in total. The molecular formula is C21H23N5O2. The smallest absolute Gasteiger partial charge is 0.412 e. The molecule has 0 bridgehead atoms. The van der Waals surface area contributed by atoms with Crippen LogP contribution in [0.15, 0.2) is 30.5 Å². The summed E-state index contributed by atoms with van der Waals surface area (Å²) in [5.74, 6) is 7.29. The van der Waals surface area contributed by atoms with E-state index >= 15 is 0 Å². The molecule has 0 fully saturated rings. The molecule has 0 saturated heterocycles. The van der Waals surface area contributed by atoms with Crippen molar-refractivity contribution in [3.05, 3.63) is 36.0 Å². The lowest BCUT2D eigenvalue weighted by Crippen LogP contribution is -2.14. The largest absolute Gasteiger partial charge is 0.450 e. The molecular weight excluding hydrogens is 354 g/mol. The maximum absolute atomic E-state index is 11.7. The number of nitrogens with zero attached hydrogens (tertiary/aromatic N) is 2. The van der Waals surface area contributed by atoms with Crippen molar-refractivity contribution in [2.24, 2.45) is 5.41 Å². The number of amides is 1. The van der Waals surface area contributed by atoms with Crippen molar-refractivity contribution in [2.75, 3.05) is 17.7 Å². The zero-order valence-electron chi connectivity index (χ0n) is 16.4. The first-order valence-corrected chi connectivity index (χ1v) is 8.98. The minimum absolute atomic E-state index is 0.138. The molecule has 0 unspecified atom stereocenters. The summed E-state index contributed by atoms with van der Waals surface area (Å²) in [7, 11) is 0. The first-order chi connectivity index (χ1) is 13.3. The van der Waals surface area contributed by atoms with E-state index in [1.807, 2.05) is 18.2 Å². The van der Waals surface area contributed by atoms with Gasteiger partial charge in [-0.15, -0.1) is 0 Å². The van der Waals surface area contributed by atoms with Crippen molar-refractivity contribution < 1.29 is 9.53 Å². The molecule has 1 amide bonds. The number of fused-ring (bicyclic) bond motifs is 1. The Morgan fingerprint density at radius 1 is 1.29 bits per heavy atom. The number of nitrogens with two attached hydrogens (primary N) is 1. The van der Waals surface area contributed by atoms with Gasteiger partial charge in [-0.2, -0.15) is 5.10 Å². The first-order valence-electron chi connectivity index (χ1n) is 8.98. The number of H-pyrrole nitrogens is 1. The number of nitrogen functional groups attached to an aromatic ring is 1. The summed E-state index contributed by atoms with van der Waals surface area (Å²) in [6, 6.07) is 7.55. The average Bonchev–Trinajstić information content (AvgIpc) is 3.00. The molecule has 3 rings (SSSR count). The lowest BCUT2D eigenvalue weighted by atomic mass is 9.96. The van der Waals surface area contributed by atoms with E-state index in [1.165, 1.54) is 0 Å². The van der Waals surface area contributed by atoms with Crippen LogP contribution in [0.4, 0.5) is 16.4 Å². The molecule has 1 aromatic carbocycles. The predicted octanol–water partition coefficient (Wildman–Crippen LogP) is 4.17. The van der Waals surface area contributed by atoms with Crippen LogP contribution in [0.2, 0.25) is 0 Å². The molecule has 0 aliphatic carbocycles. The van der Waals surface area contributed by atoms with Crippen LogP contribution in [0.3, 0.4) is 0 Å². The monoisotopic (exact) mass is 377 g/mol. The number of benzene rings is 1. The normalized spacial score (nSPS) is 11.0. The van der Waals surface area contributed by atoms with Gasteiger partial charge in [0, 0.05) is 17.0 Å². The molecule has 144 valence electrons. The Hall–Kier alpha value is -3.53. The number of pyridine rings is 1. The molecule has 3 aromatic rings. The van der Waals surface area contributed by atoms with E-state index in [-0.39, 0.29) is 12.0 Å². The van der Waals surface area contributed by atoms with Crippen LogP contribution in [0, 0.1) is 17.3 Å². The summed E-state index contributed by atoms with van der Waals surface area (Å²) < 4.78 is 4.90. The third-order valence-corrected chi connectivity index (χ3v) is 3.87. The zero-order chi connectivity index (χ0) is 20.3. The lowest BCUT2D eigenvalue weighted by molar-refractivity contribution is 0.168. The van der Waals surface area contributed by atoms with Crippen LogP contribution in [0.1, 0.15) is 33.3 Å². The molecule has 7 nitrogen and oxygen atoms in total. The Morgan fingerprint density at radius 3 is 2.79 bits per heavy atom. The van der Waals surface area contributed by atoms with Crippen LogP contribution in [0.5, 0.6) is 0 Å². The highest BCUT2D eigenvalue weighted by molar-refractivity contribution is 5.96. The fourth-order valence-corrected chi connectivity index (χ4v) is 2.61. The number of aromatic amines is 1. The van der Waals surface area contributed by atoms with Gasteiger partial charge in [-0.1, -0.05) is 11.8 Å². The summed E-state index contributed by atoms with van der Waals surface area (Å²) in [4.78, 5) is 15.8. The molecule has 7 heteroatoms. The number of ether oxygens (including phenoxy) is 1. The van der Waals surface area contributed by atoms with Crippen LogP contribution < -0.4 is 11.1 Å². The van der Waals surface area contributed by atoms with E-state index < -0.39 is 6.09 Å². The number of carbonyl (C=O) groups is 1. The van der Waals surface area contributed by atoms with Gasteiger partial charge in [0.05, 0.1) is 17.7 Å². The molecule has 2 heterocycles. The Kier molecular flexibility index (Phi) is 5.23. The second-order valence-corrected chi connectivity index (χ2v) is 7.33. The van der Waals surface area contributed by atoms with E-state index in [2.05, 4.69) is 53.1 Å². The molecule has 0 atom stereocenters. The highest BCUT2D eigenvalue weighted by Crippen LogP contribution is 2.30. The summed E-state index contributed by atoms with van der Waals surface area (Å²) in [6.45, 7) is 8.20. The van der Waals surface area contributed by atoms with Gasteiger partial charge in [0.25, 0.3) is 0 Å². The SMILES string of the molecule is CCOC(=O)Nc1cc(-c2cc(C#CC(C)(C)C)c3[nH]nc(N)c3c2)ccn1. The second-order valence-electron chi connectivity index (χ2n) is 7.33. The van der Waals surface area contributed by atoms with Crippen LogP contribution in [0.25, 0.3) is 22.0 Å². The Balaban J connectivity index is 2.07. The fraction of sp³-hybridized carbons (Fsp3) is 0.286. The lowest BCUT2D eigenvalue weighted by Gasteiger charge is -2.09. The second kappa shape index (κ2) is 7.61. The molecule has 0 radical (unpaired) electrons. The summed E-state index contributed by atoms with van der Waals surface area (Å²) >= 11 is 0. The molecule has 2 aromatic heterocycles. The van der Waals surface area contributed by atoms with E-state index in [1.54, 1.807) is 19.2 Å². The molecule has 0 saturated carbocycles. The van der Waals surface area contributed by atoms with E-state index in [4.69, 9.17) is 10.5 Å². The van der Waals surface area contributed by atoms with Crippen molar-refractivity contribution in [1.29, 1.82) is 0 Å². The van der Waals surface area contributed by atoms with Crippen LogP contribution >= 0.6 is 0 Å². The van der Waals surface area contributed by atoms with Gasteiger partial charge in [0.15, 0.2) is 5.82 Å². The summed E-state index contributed by atoms with van der Waals surface area (Å²) in [5.41, 5.74) is 9.26. The number of aromatic nitrogens is 3. The number of rotatable bonds is 3. The third kappa shape index (κ3) is 4.41. The van der Waals surface area contributed by atoms with E-state index in [0.717, 1.165) is 27.6 Å². The average molecular weight is 377 g/mol. The number of hydrogen-bond acceptors (Lipinski definition) is 5. The predicted molar refractivity (Wildman–Crippen MR) is 111 cm³/mol. The van der Waals surface area contributed by atoms with Crippen molar-refractivity contribution in [1.82, 2.24) is 15.2 Å². The molecule has 0 aliphatic heterocycles. The van der Waals surface area contributed by atoms with Gasteiger partial charge in [-0.3, -0.25) is 10.4 Å². The summed E-state index contributed by atoms with van der Waals surface area (Å²) in [5, 5.41) is 10.5. The van der Waals surface area contributed by atoms with Gasteiger partial charge >= 0.3 is 6.09 Å². The van der Waals surface area contributed by atoms with Gasteiger partial charge in [0.1, 0.15) is 5.82 Å². The summed E-state index contributed by atoms with van der Waals surface area (Å²) in [6.07, 6.45) is 1.08. The van der Waals surface area contributed by atoms with E-state index in [0.29, 0.717) is 11.6 Å². The standard InChI is InChI=1S/C21H23N5O2/c1-5-28-20(27)24-17-12-13(7-9-23-17)15-10-14(6-8-21(2,3)4)18-16(11-15)19(22)26-25-18/h7,9-12H,5H2,1-4H3,(H3,22,25,26)(H,23,24,27). The molecule has 0 aliphatic rings. The number of carbonyl (C=O) groups excluding carboxylic acids is 1. The number of hydrogen-bond donors (Lipinski definition) is 3. The van der Waals surface area contributed by atoms with Crippen molar-refractivity contribution >= 4 is 28.6 Å². The van der Waals surface area contributed by atoms with Gasteiger partial charge in [0.2, 0.25) is 0 Å². The fourth-order valence-electron chi connectivity index (χ4n) is 2.61. The van der Waals surface area contributed by atoms with Gasteiger partial charge < -0.3 is 10.5 Å². The Labute approximate surface area is 163 Å². The zero-order valence-corrected chi connectivity index (χ0v) is 16.4. The van der Waals surface area contributed by atoms with Crippen LogP contribution in [-0.2, 0) is 4.74 Å². The van der Waals surface area contributed by atoms with Gasteiger partial charge in [-0.05, 0) is 63.1 Å². The van der Waals surface area contributed by atoms with E-state index in [9.17, 15) is 4.79 Å². The van der Waals surface area contributed by atoms with Crippen molar-refractivity contribution in [2.45, 2.75) is 27.7 Å². The minimum atomic E-state index is -0.543. The Morgan fingerprint density at radius 2 is 2.07 bits per heavy atom. The minimum Gasteiger partial charge on any atom is -0.450 e. The quantitative estimate of drug-likeness (QED) is 0.594. The number of nitrogens with one attached hydrogen (secondary N) is 2. The highest BCUT2D eigenvalue weighted by Gasteiger charge is 2.12. The van der Waals surface area contributed by atoms with Crippen molar-refractivity contribution in [3.8, 4) is 23.0 Å². The van der Waals surface area contributed by atoms with Gasteiger partial charge in [-0.25, -0.2) is 9.78 Å². The molecule has 28 heavy (non-hydrogen) atoms.